The van der Waals surface area contributed by atoms with E-state index in [1.54, 1.807) is 48.0 Å². The predicted molar refractivity (Wildman–Crippen MR) is 114 cm³/mol. The molecule has 0 unspecified atom stereocenters. The maximum Gasteiger partial charge on any atom is 0.293 e. The van der Waals surface area contributed by atoms with Crippen LogP contribution in [0.1, 0.15) is 29.0 Å². The Labute approximate surface area is 180 Å². The topological polar surface area (TPSA) is 119 Å². The number of carbonyl (C=O) groups excluding carboxylic acids is 2. The van der Waals surface area contributed by atoms with Gasteiger partial charge in [-0.2, -0.15) is 0 Å². The SMILES string of the molecule is CC(=O)NCc1ccc(-c2csc(NC(=O)c3ccc(Cn4ccccc4=O)o3)n2)o1. The fraction of sp³-hybridized carbons (Fsp3) is 0.143. The summed E-state index contributed by atoms with van der Waals surface area (Å²) in [6, 6.07) is 11.6. The van der Waals surface area contributed by atoms with Gasteiger partial charge in [-0.05, 0) is 30.3 Å². The highest BCUT2D eigenvalue weighted by molar-refractivity contribution is 7.14. The zero-order valence-electron chi connectivity index (χ0n) is 16.5. The van der Waals surface area contributed by atoms with Crippen molar-refractivity contribution in [2.24, 2.45) is 0 Å². The molecule has 0 aliphatic carbocycles. The molecule has 0 atom stereocenters. The summed E-state index contributed by atoms with van der Waals surface area (Å²) < 4.78 is 12.7. The Kier molecular flexibility index (Phi) is 5.80. The van der Waals surface area contributed by atoms with Crippen LogP contribution in [0.25, 0.3) is 11.5 Å². The van der Waals surface area contributed by atoms with Crippen molar-refractivity contribution >= 4 is 28.3 Å². The van der Waals surface area contributed by atoms with E-state index in [2.05, 4.69) is 15.6 Å². The van der Waals surface area contributed by atoms with E-state index in [-0.39, 0.29) is 23.8 Å². The molecule has 4 rings (SSSR count). The average molecular weight is 438 g/mol. The molecule has 9 nitrogen and oxygen atoms in total. The zero-order chi connectivity index (χ0) is 21.8. The lowest BCUT2D eigenvalue weighted by Gasteiger charge is -2.02. The van der Waals surface area contributed by atoms with Gasteiger partial charge in [0.1, 0.15) is 17.2 Å². The second kappa shape index (κ2) is 8.84. The van der Waals surface area contributed by atoms with Crippen LogP contribution in [-0.2, 0) is 17.9 Å². The Balaban J connectivity index is 1.39. The Morgan fingerprint density at radius 3 is 2.74 bits per heavy atom. The molecule has 0 radical (unpaired) electrons. The van der Waals surface area contributed by atoms with Crippen LogP contribution in [-0.4, -0.2) is 21.4 Å². The number of furan rings is 2. The van der Waals surface area contributed by atoms with E-state index >= 15 is 0 Å². The number of hydrogen-bond donors (Lipinski definition) is 2. The monoisotopic (exact) mass is 438 g/mol. The molecule has 2 amide bonds. The van der Waals surface area contributed by atoms with E-state index in [0.29, 0.717) is 34.7 Å². The van der Waals surface area contributed by atoms with Crippen molar-refractivity contribution in [1.82, 2.24) is 14.9 Å². The summed E-state index contributed by atoms with van der Waals surface area (Å²) in [4.78, 5) is 39.6. The first-order chi connectivity index (χ1) is 15.0. The van der Waals surface area contributed by atoms with Crippen molar-refractivity contribution in [2.45, 2.75) is 20.0 Å². The van der Waals surface area contributed by atoms with Crippen LogP contribution in [0.15, 0.2) is 67.7 Å². The lowest BCUT2D eigenvalue weighted by atomic mass is 10.3. The molecule has 4 aromatic heterocycles. The Bertz CT molecular complexity index is 1280. The summed E-state index contributed by atoms with van der Waals surface area (Å²) in [5.74, 6) is 1.15. The Morgan fingerprint density at radius 1 is 1.10 bits per heavy atom. The number of carbonyl (C=O) groups is 2. The molecule has 0 aliphatic rings. The van der Waals surface area contributed by atoms with Gasteiger partial charge in [-0.25, -0.2) is 4.98 Å². The highest BCUT2D eigenvalue weighted by Gasteiger charge is 2.15. The number of aromatic nitrogens is 2. The van der Waals surface area contributed by atoms with Gasteiger partial charge in [0, 0.05) is 24.6 Å². The summed E-state index contributed by atoms with van der Waals surface area (Å²) in [5.41, 5.74) is 0.413. The van der Waals surface area contributed by atoms with Crippen molar-refractivity contribution < 1.29 is 18.4 Å². The quantitative estimate of drug-likeness (QED) is 0.458. The van der Waals surface area contributed by atoms with Gasteiger partial charge in [0.25, 0.3) is 11.5 Å². The van der Waals surface area contributed by atoms with Gasteiger partial charge in [-0.1, -0.05) is 6.07 Å². The second-order valence-corrected chi connectivity index (χ2v) is 7.46. The van der Waals surface area contributed by atoms with Crippen molar-refractivity contribution in [3.63, 3.8) is 0 Å². The molecule has 31 heavy (non-hydrogen) atoms. The first kappa shape index (κ1) is 20.4. The molecule has 0 saturated carbocycles. The van der Waals surface area contributed by atoms with Gasteiger partial charge < -0.3 is 18.7 Å². The molecule has 0 fully saturated rings. The van der Waals surface area contributed by atoms with Crippen LogP contribution in [0.4, 0.5) is 5.13 Å². The molecule has 0 saturated heterocycles. The molecule has 158 valence electrons. The fourth-order valence-electron chi connectivity index (χ4n) is 2.77. The van der Waals surface area contributed by atoms with Gasteiger partial charge in [0.15, 0.2) is 16.7 Å². The van der Waals surface area contributed by atoms with Crippen LogP contribution in [0.5, 0.6) is 0 Å². The first-order valence-electron chi connectivity index (χ1n) is 9.32. The summed E-state index contributed by atoms with van der Waals surface area (Å²) in [7, 11) is 0. The molecule has 2 N–H and O–H groups in total. The van der Waals surface area contributed by atoms with Crippen LogP contribution in [0.3, 0.4) is 0 Å². The number of nitrogens with zero attached hydrogens (tertiary/aromatic N) is 2. The van der Waals surface area contributed by atoms with E-state index in [1.165, 1.54) is 28.9 Å². The van der Waals surface area contributed by atoms with Gasteiger partial charge in [-0.15, -0.1) is 11.3 Å². The summed E-state index contributed by atoms with van der Waals surface area (Å²) in [5, 5.41) is 7.49. The van der Waals surface area contributed by atoms with Gasteiger partial charge >= 0.3 is 0 Å². The number of nitrogens with one attached hydrogen (secondary N) is 2. The third-order valence-electron chi connectivity index (χ3n) is 4.26. The standard InChI is InChI=1S/C21H18N4O5S/c1-13(26)22-10-14-5-7-17(29-14)16-12-31-21(23-16)24-20(28)18-8-6-15(30-18)11-25-9-3-2-4-19(25)27/h2-9,12H,10-11H2,1H3,(H,22,26)(H,23,24,28). The third kappa shape index (κ3) is 4.98. The zero-order valence-corrected chi connectivity index (χ0v) is 17.3. The Hall–Kier alpha value is -3.92. The summed E-state index contributed by atoms with van der Waals surface area (Å²) in [6.07, 6.45) is 1.65. The number of thiazole rings is 1. The lowest BCUT2D eigenvalue weighted by molar-refractivity contribution is -0.119. The molecule has 0 spiro atoms. The molecule has 0 aliphatic heterocycles. The Morgan fingerprint density at radius 2 is 1.94 bits per heavy atom. The molecular weight excluding hydrogens is 420 g/mol. The highest BCUT2D eigenvalue weighted by atomic mass is 32.1. The fourth-order valence-corrected chi connectivity index (χ4v) is 3.46. The van der Waals surface area contributed by atoms with Crippen LogP contribution in [0.2, 0.25) is 0 Å². The van der Waals surface area contributed by atoms with E-state index in [9.17, 15) is 14.4 Å². The maximum atomic E-state index is 12.5. The predicted octanol–water partition coefficient (Wildman–Crippen LogP) is 3.09. The minimum Gasteiger partial charge on any atom is -0.458 e. The number of hydrogen-bond acceptors (Lipinski definition) is 7. The highest BCUT2D eigenvalue weighted by Crippen LogP contribution is 2.27. The van der Waals surface area contributed by atoms with Crippen molar-refractivity contribution in [2.75, 3.05) is 5.32 Å². The second-order valence-electron chi connectivity index (χ2n) is 6.60. The lowest BCUT2D eigenvalue weighted by Crippen LogP contribution is -2.18. The van der Waals surface area contributed by atoms with E-state index in [4.69, 9.17) is 8.83 Å². The van der Waals surface area contributed by atoms with Gasteiger partial charge in [-0.3, -0.25) is 19.7 Å². The first-order valence-corrected chi connectivity index (χ1v) is 10.2. The van der Waals surface area contributed by atoms with Crippen LogP contribution >= 0.6 is 11.3 Å². The number of rotatable bonds is 7. The molecule has 0 bridgehead atoms. The smallest absolute Gasteiger partial charge is 0.293 e. The van der Waals surface area contributed by atoms with Crippen molar-refractivity contribution in [3.05, 3.63) is 81.7 Å². The number of amides is 2. The normalized spacial score (nSPS) is 10.7. The van der Waals surface area contributed by atoms with Gasteiger partial charge in [0.2, 0.25) is 5.91 Å². The third-order valence-corrected chi connectivity index (χ3v) is 5.02. The average Bonchev–Trinajstić information content (AvgIpc) is 3.49. The molecule has 4 heterocycles. The maximum absolute atomic E-state index is 12.5. The minimum atomic E-state index is -0.446. The number of pyridine rings is 1. The number of anilines is 1. The molecular formula is C21H18N4O5S. The minimum absolute atomic E-state index is 0.117. The summed E-state index contributed by atoms with van der Waals surface area (Å²) in [6.45, 7) is 1.95. The summed E-state index contributed by atoms with van der Waals surface area (Å²) >= 11 is 1.25. The van der Waals surface area contributed by atoms with Crippen LogP contribution in [0, 0.1) is 0 Å². The van der Waals surface area contributed by atoms with Crippen molar-refractivity contribution in [3.8, 4) is 11.5 Å². The molecule has 0 aromatic carbocycles. The van der Waals surface area contributed by atoms with E-state index in [1.807, 2.05) is 0 Å². The van der Waals surface area contributed by atoms with E-state index < -0.39 is 5.91 Å². The van der Waals surface area contributed by atoms with Gasteiger partial charge in [0.05, 0.1) is 13.1 Å². The van der Waals surface area contributed by atoms with Crippen molar-refractivity contribution in [1.29, 1.82) is 0 Å². The van der Waals surface area contributed by atoms with Crippen LogP contribution < -0.4 is 16.2 Å². The molecule has 10 heteroatoms. The van der Waals surface area contributed by atoms with E-state index in [0.717, 1.165) is 0 Å². The largest absolute Gasteiger partial charge is 0.458 e. The molecule has 4 aromatic rings.